The van der Waals surface area contributed by atoms with Gasteiger partial charge in [-0.3, -0.25) is 4.68 Å². The van der Waals surface area contributed by atoms with Crippen LogP contribution in [-0.4, -0.2) is 42.3 Å². The smallest absolute Gasteiger partial charge is 0.315 e. The van der Waals surface area contributed by atoms with Gasteiger partial charge in [-0.05, 0) is 26.2 Å². The van der Waals surface area contributed by atoms with Crippen LogP contribution in [0.5, 0.6) is 0 Å². The highest BCUT2D eigenvalue weighted by Gasteiger charge is 2.25. The van der Waals surface area contributed by atoms with Gasteiger partial charge in [0.1, 0.15) is 6.33 Å². The predicted molar refractivity (Wildman–Crippen MR) is 86.1 cm³/mol. The number of nitrogens with one attached hydrogen (secondary N) is 2. The van der Waals surface area contributed by atoms with Crippen LogP contribution in [0.25, 0.3) is 0 Å². The van der Waals surface area contributed by atoms with Crippen LogP contribution in [0.15, 0.2) is 12.5 Å². The Hall–Kier alpha value is -2.42. The van der Waals surface area contributed by atoms with Crippen LogP contribution in [0.4, 0.5) is 4.79 Å². The van der Waals surface area contributed by atoms with E-state index in [9.17, 15) is 4.79 Å². The topological polar surface area (TPSA) is 110 Å². The first kappa shape index (κ1) is 16.4. The molecule has 2 amide bonds. The lowest BCUT2D eigenvalue weighted by Crippen LogP contribution is -2.39. The molecule has 2 heterocycles. The second-order valence-corrected chi connectivity index (χ2v) is 5.80. The Morgan fingerprint density at radius 2 is 2.38 bits per heavy atom. The van der Waals surface area contributed by atoms with Crippen molar-refractivity contribution >= 4 is 6.03 Å². The summed E-state index contributed by atoms with van der Waals surface area (Å²) >= 11 is 0. The summed E-state index contributed by atoms with van der Waals surface area (Å²) in [4.78, 5) is 12.2. The molecule has 0 radical (unpaired) electrons. The highest BCUT2D eigenvalue weighted by atomic mass is 16.3. The number of aliphatic hydroxyl groups excluding tert-OH is 1. The van der Waals surface area contributed by atoms with E-state index in [2.05, 4.69) is 25.9 Å². The maximum Gasteiger partial charge on any atom is 0.315 e. The van der Waals surface area contributed by atoms with Crippen molar-refractivity contribution in [3.63, 3.8) is 0 Å². The molecule has 0 spiro atoms. The predicted octanol–water partition coefficient (Wildman–Crippen LogP) is 0.364. The number of carbonyl (C=O) groups is 1. The lowest BCUT2D eigenvalue weighted by atomic mass is 9.93. The Bertz CT molecular complexity index is 694. The summed E-state index contributed by atoms with van der Waals surface area (Å²) in [6.45, 7) is 3.65. The molecule has 0 aliphatic heterocycles. The molecule has 24 heavy (non-hydrogen) atoms. The second-order valence-electron chi connectivity index (χ2n) is 5.80. The van der Waals surface area contributed by atoms with Crippen LogP contribution in [0, 0.1) is 0 Å². The molecule has 1 aliphatic rings. The van der Waals surface area contributed by atoms with Crippen LogP contribution < -0.4 is 10.6 Å². The average Bonchev–Trinajstić information content (AvgIpc) is 3.21. The number of urea groups is 1. The molecule has 2 aromatic rings. The molecule has 0 unspecified atom stereocenters. The number of aryl methyl sites for hydroxylation is 1. The number of hydrogen-bond acceptors (Lipinski definition) is 5. The second kappa shape index (κ2) is 7.43. The maximum absolute atomic E-state index is 12.2. The van der Waals surface area contributed by atoms with Crippen molar-refractivity contribution in [2.45, 2.75) is 51.9 Å². The number of hydrogen-bond donors (Lipinski definition) is 3. The molecular formula is C15H23N7O2. The first-order valence-corrected chi connectivity index (χ1v) is 8.29. The lowest BCUT2D eigenvalue weighted by molar-refractivity contribution is 0.234. The molecule has 1 atom stereocenters. The molecule has 0 saturated heterocycles. The van der Waals surface area contributed by atoms with Crippen LogP contribution in [-0.2, 0) is 26.1 Å². The highest BCUT2D eigenvalue weighted by Crippen LogP contribution is 2.29. The Morgan fingerprint density at radius 3 is 3.17 bits per heavy atom. The zero-order valence-electron chi connectivity index (χ0n) is 13.8. The SMILES string of the molecule is CCn1cnnc1CNC(=O)N[C@H]1CCCc2c1cnn2CCO. The van der Waals surface area contributed by atoms with Gasteiger partial charge in [-0.2, -0.15) is 5.10 Å². The summed E-state index contributed by atoms with van der Waals surface area (Å²) in [7, 11) is 0. The molecule has 0 saturated carbocycles. The quantitative estimate of drug-likeness (QED) is 0.707. The van der Waals surface area contributed by atoms with Crippen molar-refractivity contribution in [1.82, 2.24) is 35.2 Å². The molecule has 9 heteroatoms. The van der Waals surface area contributed by atoms with Gasteiger partial charge in [0.15, 0.2) is 5.82 Å². The molecule has 0 aromatic carbocycles. The molecule has 3 N–H and O–H groups in total. The molecule has 1 aliphatic carbocycles. The fourth-order valence-corrected chi connectivity index (χ4v) is 3.10. The molecule has 2 aromatic heterocycles. The first-order valence-electron chi connectivity index (χ1n) is 8.29. The average molecular weight is 333 g/mol. The van der Waals surface area contributed by atoms with Crippen molar-refractivity contribution in [3.8, 4) is 0 Å². The van der Waals surface area contributed by atoms with Crippen molar-refractivity contribution < 1.29 is 9.90 Å². The van der Waals surface area contributed by atoms with Gasteiger partial charge in [-0.1, -0.05) is 0 Å². The van der Waals surface area contributed by atoms with Gasteiger partial charge in [0.25, 0.3) is 0 Å². The molecule has 0 fully saturated rings. The van der Waals surface area contributed by atoms with Crippen LogP contribution in [0.1, 0.15) is 42.9 Å². The van der Waals surface area contributed by atoms with Crippen LogP contribution >= 0.6 is 0 Å². The Labute approximate surface area is 140 Å². The molecule has 3 rings (SSSR count). The Balaban J connectivity index is 1.59. The summed E-state index contributed by atoms with van der Waals surface area (Å²) in [6.07, 6.45) is 6.24. The van der Waals surface area contributed by atoms with E-state index in [0.29, 0.717) is 13.1 Å². The van der Waals surface area contributed by atoms with Gasteiger partial charge in [0.05, 0.1) is 31.9 Å². The Morgan fingerprint density at radius 1 is 1.50 bits per heavy atom. The van der Waals surface area contributed by atoms with Gasteiger partial charge in [0, 0.05) is 17.8 Å². The number of fused-ring (bicyclic) bond motifs is 1. The third-order valence-electron chi connectivity index (χ3n) is 4.32. The normalized spacial score (nSPS) is 16.7. The monoisotopic (exact) mass is 333 g/mol. The van der Waals surface area contributed by atoms with Crippen LogP contribution in [0.2, 0.25) is 0 Å². The van der Waals surface area contributed by atoms with E-state index in [-0.39, 0.29) is 18.7 Å². The van der Waals surface area contributed by atoms with Gasteiger partial charge < -0.3 is 20.3 Å². The number of amides is 2. The van der Waals surface area contributed by atoms with Crippen molar-refractivity contribution in [1.29, 1.82) is 0 Å². The molecule has 0 bridgehead atoms. The van der Waals surface area contributed by atoms with Crippen LogP contribution in [0.3, 0.4) is 0 Å². The molecule has 9 nitrogen and oxygen atoms in total. The summed E-state index contributed by atoms with van der Waals surface area (Å²) < 4.78 is 3.71. The fraction of sp³-hybridized carbons (Fsp3) is 0.600. The van der Waals surface area contributed by atoms with E-state index in [4.69, 9.17) is 5.11 Å². The number of rotatable bonds is 6. The van der Waals surface area contributed by atoms with E-state index < -0.39 is 0 Å². The number of carbonyl (C=O) groups excluding carboxylic acids is 1. The van der Waals surface area contributed by atoms with Gasteiger partial charge in [-0.15, -0.1) is 10.2 Å². The van der Waals surface area contributed by atoms with Crippen molar-refractivity contribution in [2.75, 3.05) is 6.61 Å². The number of aliphatic hydroxyl groups is 1. The standard InChI is InChI=1S/C15H23N7O2/c1-2-21-10-17-20-14(21)9-16-15(24)19-12-4-3-5-13-11(12)8-18-22(13)6-7-23/h8,10,12,23H,2-7,9H2,1H3,(H2,16,19,24)/t12-/m0/s1. The zero-order chi connectivity index (χ0) is 16.9. The zero-order valence-corrected chi connectivity index (χ0v) is 13.8. The Kier molecular flexibility index (Phi) is 5.09. The van der Waals surface area contributed by atoms with Gasteiger partial charge >= 0.3 is 6.03 Å². The van der Waals surface area contributed by atoms with E-state index >= 15 is 0 Å². The van der Waals surface area contributed by atoms with E-state index in [1.54, 1.807) is 12.5 Å². The molecule has 130 valence electrons. The lowest BCUT2D eigenvalue weighted by Gasteiger charge is -2.24. The third kappa shape index (κ3) is 3.40. The maximum atomic E-state index is 12.2. The minimum absolute atomic E-state index is 0.0507. The number of aromatic nitrogens is 5. The summed E-state index contributed by atoms with van der Waals surface area (Å²) in [6, 6.07) is -0.279. The largest absolute Gasteiger partial charge is 0.394 e. The number of nitrogens with zero attached hydrogens (tertiary/aromatic N) is 5. The van der Waals surface area contributed by atoms with E-state index in [1.807, 2.05) is 16.2 Å². The van der Waals surface area contributed by atoms with Gasteiger partial charge in [-0.25, -0.2) is 4.79 Å². The summed E-state index contributed by atoms with van der Waals surface area (Å²) in [5.41, 5.74) is 2.15. The van der Waals surface area contributed by atoms with Gasteiger partial charge in [0.2, 0.25) is 0 Å². The first-order chi connectivity index (χ1) is 11.7. The minimum atomic E-state index is -0.228. The summed E-state index contributed by atoms with van der Waals surface area (Å²) in [5.74, 6) is 0.729. The fourth-order valence-electron chi connectivity index (χ4n) is 3.10. The van der Waals surface area contributed by atoms with Crippen molar-refractivity contribution in [2.24, 2.45) is 0 Å². The van der Waals surface area contributed by atoms with Crippen molar-refractivity contribution in [3.05, 3.63) is 29.6 Å². The van der Waals surface area contributed by atoms with E-state index in [1.165, 1.54) is 0 Å². The van der Waals surface area contributed by atoms with E-state index in [0.717, 1.165) is 42.9 Å². The highest BCUT2D eigenvalue weighted by molar-refractivity contribution is 5.74. The molecular weight excluding hydrogens is 310 g/mol. The summed E-state index contributed by atoms with van der Waals surface area (Å²) in [5, 5.41) is 27.1. The third-order valence-corrected chi connectivity index (χ3v) is 4.32. The minimum Gasteiger partial charge on any atom is -0.394 e.